The molecule has 0 bridgehead atoms. The zero-order valence-electron chi connectivity index (χ0n) is 16.3. The van der Waals surface area contributed by atoms with E-state index in [-0.39, 0.29) is 5.91 Å². The van der Waals surface area contributed by atoms with E-state index in [1.165, 1.54) is 11.1 Å². The summed E-state index contributed by atoms with van der Waals surface area (Å²) in [7, 11) is 0. The van der Waals surface area contributed by atoms with Gasteiger partial charge in [0.25, 0.3) is 0 Å². The van der Waals surface area contributed by atoms with E-state index in [4.69, 9.17) is 4.74 Å². The third kappa shape index (κ3) is 5.48. The van der Waals surface area contributed by atoms with Gasteiger partial charge in [-0.1, -0.05) is 29.8 Å². The first-order valence-corrected chi connectivity index (χ1v) is 10.8. The Morgan fingerprint density at radius 2 is 1.54 bits per heavy atom. The third-order valence-electron chi connectivity index (χ3n) is 4.98. The van der Waals surface area contributed by atoms with Gasteiger partial charge in [0.2, 0.25) is 5.91 Å². The molecule has 3 rings (SSSR count). The second-order valence-electron chi connectivity index (χ2n) is 7.06. The van der Waals surface area contributed by atoms with Crippen molar-refractivity contribution in [2.24, 2.45) is 0 Å². The van der Waals surface area contributed by atoms with E-state index in [1.54, 1.807) is 26.5 Å². The highest BCUT2D eigenvalue weighted by atomic mass is 32.2. The molecular formula is C20H27N3O4S. The maximum Gasteiger partial charge on any atom is 0.312 e. The lowest BCUT2D eigenvalue weighted by molar-refractivity contribution is -0.155. The Balaban J connectivity index is 1.39. The Morgan fingerprint density at radius 3 is 2.18 bits per heavy atom. The van der Waals surface area contributed by atoms with Gasteiger partial charge in [-0.3, -0.25) is 14.4 Å². The fourth-order valence-corrected chi connectivity index (χ4v) is 4.22. The van der Waals surface area contributed by atoms with E-state index >= 15 is 0 Å². The van der Waals surface area contributed by atoms with Crippen molar-refractivity contribution in [3.05, 3.63) is 35.4 Å². The summed E-state index contributed by atoms with van der Waals surface area (Å²) in [5.74, 6) is 0.387. The van der Waals surface area contributed by atoms with Crippen molar-refractivity contribution in [3.8, 4) is 0 Å². The Kier molecular flexibility index (Phi) is 7.33. The summed E-state index contributed by atoms with van der Waals surface area (Å²) in [5.41, 5.74) is 2.44. The highest BCUT2D eigenvalue weighted by Gasteiger charge is 2.31. The number of benzene rings is 1. The molecule has 0 saturated carbocycles. The molecule has 0 spiro atoms. The van der Waals surface area contributed by atoms with Crippen LogP contribution in [0.15, 0.2) is 24.3 Å². The number of morpholine rings is 1. The molecule has 0 aromatic heterocycles. The Hall–Kier alpha value is -2.06. The number of thioether (sulfide) groups is 1. The first-order chi connectivity index (χ1) is 13.5. The van der Waals surface area contributed by atoms with E-state index in [2.05, 4.69) is 25.1 Å². The topological polar surface area (TPSA) is 70.2 Å². The zero-order chi connectivity index (χ0) is 19.9. The molecule has 2 aliphatic rings. The first kappa shape index (κ1) is 20.7. The summed E-state index contributed by atoms with van der Waals surface area (Å²) in [5, 5.41) is 0. The highest BCUT2D eigenvalue weighted by Crippen LogP contribution is 2.15. The minimum Gasteiger partial charge on any atom is -0.378 e. The van der Waals surface area contributed by atoms with E-state index in [1.807, 2.05) is 6.07 Å². The molecule has 2 heterocycles. The van der Waals surface area contributed by atoms with Gasteiger partial charge in [-0.2, -0.15) is 0 Å². The predicted octanol–water partition coefficient (Wildman–Crippen LogP) is 0.758. The van der Waals surface area contributed by atoms with Gasteiger partial charge in [0, 0.05) is 45.0 Å². The molecule has 152 valence electrons. The lowest BCUT2D eigenvalue weighted by Crippen LogP contribution is -2.55. The van der Waals surface area contributed by atoms with Crippen LogP contribution in [0.4, 0.5) is 0 Å². The molecule has 0 aliphatic carbocycles. The van der Waals surface area contributed by atoms with E-state index in [0.717, 1.165) is 5.75 Å². The van der Waals surface area contributed by atoms with Crippen molar-refractivity contribution in [1.29, 1.82) is 0 Å². The van der Waals surface area contributed by atoms with E-state index in [0.29, 0.717) is 58.2 Å². The number of hydrogen-bond acceptors (Lipinski definition) is 5. The van der Waals surface area contributed by atoms with Crippen LogP contribution in [0.25, 0.3) is 0 Å². The number of rotatable bonds is 4. The molecule has 0 atom stereocenters. The second kappa shape index (κ2) is 9.93. The third-order valence-corrected chi connectivity index (χ3v) is 5.97. The lowest BCUT2D eigenvalue weighted by Gasteiger charge is -2.35. The van der Waals surface area contributed by atoms with Crippen LogP contribution in [-0.2, 0) is 24.9 Å². The van der Waals surface area contributed by atoms with Gasteiger partial charge < -0.3 is 19.4 Å². The summed E-state index contributed by atoms with van der Waals surface area (Å²) < 4.78 is 5.22. The van der Waals surface area contributed by atoms with Gasteiger partial charge in [0.1, 0.15) is 0 Å². The number of carbonyl (C=O) groups excluding carboxylic acids is 3. The molecule has 3 amide bonds. The van der Waals surface area contributed by atoms with Gasteiger partial charge in [0.15, 0.2) is 0 Å². The van der Waals surface area contributed by atoms with Crippen LogP contribution < -0.4 is 0 Å². The van der Waals surface area contributed by atoms with Gasteiger partial charge in [-0.25, -0.2) is 0 Å². The summed E-state index contributed by atoms with van der Waals surface area (Å²) >= 11 is 1.60. The van der Waals surface area contributed by atoms with Gasteiger partial charge in [-0.05, 0) is 12.5 Å². The van der Waals surface area contributed by atoms with E-state index in [9.17, 15) is 14.4 Å². The number of piperazine rings is 1. The van der Waals surface area contributed by atoms with Crippen molar-refractivity contribution in [2.75, 3.05) is 58.2 Å². The number of carbonyl (C=O) groups is 3. The van der Waals surface area contributed by atoms with Crippen LogP contribution in [0.2, 0.25) is 0 Å². The largest absolute Gasteiger partial charge is 0.378 e. The number of amides is 3. The number of hydrogen-bond donors (Lipinski definition) is 0. The van der Waals surface area contributed by atoms with Crippen molar-refractivity contribution in [3.63, 3.8) is 0 Å². The second-order valence-corrected chi connectivity index (χ2v) is 8.05. The van der Waals surface area contributed by atoms with Crippen LogP contribution in [0.3, 0.4) is 0 Å². The molecule has 0 unspecified atom stereocenters. The van der Waals surface area contributed by atoms with Crippen molar-refractivity contribution < 1.29 is 19.1 Å². The molecule has 1 aromatic carbocycles. The molecule has 0 radical (unpaired) electrons. The molecule has 1 aromatic rings. The Labute approximate surface area is 170 Å². The highest BCUT2D eigenvalue weighted by molar-refractivity contribution is 7.99. The average molecular weight is 406 g/mol. The van der Waals surface area contributed by atoms with Gasteiger partial charge in [-0.15, -0.1) is 11.8 Å². The standard InChI is InChI=1S/C20H27N3O4S/c1-16-3-2-4-17(13-16)14-28-15-18(24)21-5-7-22(8-6-21)19(25)20(26)23-9-11-27-12-10-23/h2-4,13H,5-12,14-15H2,1H3. The Morgan fingerprint density at radius 1 is 0.929 bits per heavy atom. The van der Waals surface area contributed by atoms with E-state index < -0.39 is 11.8 Å². The maximum absolute atomic E-state index is 12.4. The minimum atomic E-state index is -0.470. The number of ether oxygens (including phenoxy) is 1. The van der Waals surface area contributed by atoms with Crippen LogP contribution >= 0.6 is 11.8 Å². The number of nitrogens with zero attached hydrogens (tertiary/aromatic N) is 3. The van der Waals surface area contributed by atoms with Crippen LogP contribution in [-0.4, -0.2) is 90.7 Å². The summed E-state index contributed by atoms with van der Waals surface area (Å²) in [6.07, 6.45) is 0. The molecule has 7 nitrogen and oxygen atoms in total. The molecule has 2 saturated heterocycles. The zero-order valence-corrected chi connectivity index (χ0v) is 17.1. The Bertz CT molecular complexity index is 713. The van der Waals surface area contributed by atoms with Crippen molar-refractivity contribution in [2.45, 2.75) is 12.7 Å². The monoisotopic (exact) mass is 405 g/mol. The van der Waals surface area contributed by atoms with Crippen LogP contribution in [0.1, 0.15) is 11.1 Å². The van der Waals surface area contributed by atoms with Gasteiger partial charge in [0.05, 0.1) is 19.0 Å². The molecule has 8 heteroatoms. The summed E-state index contributed by atoms with van der Waals surface area (Å²) in [4.78, 5) is 42.0. The smallest absolute Gasteiger partial charge is 0.312 e. The molecule has 2 fully saturated rings. The molecule has 2 aliphatic heterocycles. The number of aryl methyl sites for hydroxylation is 1. The molecular weight excluding hydrogens is 378 g/mol. The molecule has 28 heavy (non-hydrogen) atoms. The summed E-state index contributed by atoms with van der Waals surface area (Å²) in [6, 6.07) is 8.29. The quantitative estimate of drug-likeness (QED) is 0.692. The van der Waals surface area contributed by atoms with Crippen LogP contribution in [0.5, 0.6) is 0 Å². The van der Waals surface area contributed by atoms with Crippen molar-refractivity contribution >= 4 is 29.5 Å². The van der Waals surface area contributed by atoms with Crippen molar-refractivity contribution in [1.82, 2.24) is 14.7 Å². The normalized spacial score (nSPS) is 17.5. The van der Waals surface area contributed by atoms with Crippen LogP contribution in [0, 0.1) is 6.92 Å². The first-order valence-electron chi connectivity index (χ1n) is 9.61. The fourth-order valence-electron chi connectivity index (χ4n) is 3.35. The summed E-state index contributed by atoms with van der Waals surface area (Å²) in [6.45, 7) is 5.69. The minimum absolute atomic E-state index is 0.0873. The predicted molar refractivity (Wildman–Crippen MR) is 108 cm³/mol. The average Bonchev–Trinajstić information content (AvgIpc) is 2.73. The van der Waals surface area contributed by atoms with Gasteiger partial charge >= 0.3 is 11.8 Å². The SMILES string of the molecule is Cc1cccc(CSCC(=O)N2CCN(C(=O)C(=O)N3CCOCC3)CC2)c1. The maximum atomic E-state index is 12.4. The lowest BCUT2D eigenvalue weighted by atomic mass is 10.2. The fraction of sp³-hybridized carbons (Fsp3) is 0.550. The molecule has 0 N–H and O–H groups in total.